The Kier molecular flexibility index (Phi) is 2.41. The number of thioether (sulfide) groups is 1. The first-order valence-corrected chi connectivity index (χ1v) is 8.23. The molecule has 4 saturated carbocycles. The van der Waals surface area contributed by atoms with Gasteiger partial charge in [0.15, 0.2) is 5.16 Å². The van der Waals surface area contributed by atoms with Gasteiger partial charge in [0.25, 0.3) is 0 Å². The van der Waals surface area contributed by atoms with E-state index < -0.39 is 0 Å². The molecule has 0 saturated heterocycles. The maximum Gasteiger partial charge on any atom is 0.240 e. The lowest BCUT2D eigenvalue weighted by atomic mass is 9.54. The van der Waals surface area contributed by atoms with Crippen LogP contribution in [-0.2, 0) is 0 Å². The van der Waals surface area contributed by atoms with Gasteiger partial charge in [-0.15, -0.1) is 5.10 Å². The van der Waals surface area contributed by atoms with Crippen molar-refractivity contribution < 1.29 is 0 Å². The van der Waals surface area contributed by atoms with E-state index in [2.05, 4.69) is 21.0 Å². The summed E-state index contributed by atoms with van der Waals surface area (Å²) in [4.78, 5) is 4.35. The topological polar surface area (TPSA) is 56.7 Å². The van der Waals surface area contributed by atoms with E-state index in [9.17, 15) is 0 Å². The Morgan fingerprint density at radius 3 is 2.28 bits per heavy atom. The van der Waals surface area contributed by atoms with Gasteiger partial charge in [0.2, 0.25) is 5.95 Å². The van der Waals surface area contributed by atoms with Gasteiger partial charge in [-0.1, -0.05) is 11.8 Å². The first-order valence-electron chi connectivity index (χ1n) is 7.00. The molecule has 1 heterocycles. The Labute approximate surface area is 112 Å². The van der Waals surface area contributed by atoms with Crippen molar-refractivity contribution in [2.75, 3.05) is 12.0 Å². The Balaban J connectivity index is 1.72. The van der Waals surface area contributed by atoms with Crippen LogP contribution in [0.5, 0.6) is 0 Å². The summed E-state index contributed by atoms with van der Waals surface area (Å²) in [5.74, 6) is 4.10. The first kappa shape index (κ1) is 11.1. The standard InChI is InChI=1S/C13H20N4S/c1-18-13-15-12(14)16-17(13)11-9-3-7-2-8(5-9)6-10(11)4-7/h7-11H,2-6H2,1H3,(H2,14,16). The summed E-state index contributed by atoms with van der Waals surface area (Å²) in [7, 11) is 0. The average molecular weight is 264 g/mol. The van der Waals surface area contributed by atoms with E-state index in [0.29, 0.717) is 12.0 Å². The molecule has 4 nitrogen and oxygen atoms in total. The largest absolute Gasteiger partial charge is 0.366 e. The summed E-state index contributed by atoms with van der Waals surface area (Å²) < 4.78 is 2.16. The summed E-state index contributed by atoms with van der Waals surface area (Å²) in [6.07, 6.45) is 9.19. The first-order chi connectivity index (χ1) is 8.74. The lowest BCUT2D eigenvalue weighted by molar-refractivity contribution is -0.0370. The molecule has 0 aromatic carbocycles. The molecule has 0 amide bonds. The average Bonchev–Trinajstić information content (AvgIpc) is 2.69. The van der Waals surface area contributed by atoms with Gasteiger partial charge in [-0.3, -0.25) is 0 Å². The molecule has 4 fully saturated rings. The fourth-order valence-electron chi connectivity index (χ4n) is 4.95. The quantitative estimate of drug-likeness (QED) is 0.834. The number of aromatic nitrogens is 3. The summed E-state index contributed by atoms with van der Waals surface area (Å²) in [5, 5.41) is 5.49. The zero-order valence-corrected chi connectivity index (χ0v) is 11.6. The minimum atomic E-state index is 0.438. The number of anilines is 1. The number of rotatable bonds is 2. The second-order valence-electron chi connectivity index (χ2n) is 6.32. The minimum absolute atomic E-state index is 0.438. The van der Waals surface area contributed by atoms with Gasteiger partial charge in [-0.2, -0.15) is 4.98 Å². The molecule has 4 bridgehead atoms. The van der Waals surface area contributed by atoms with Crippen LogP contribution in [0.1, 0.15) is 38.1 Å². The van der Waals surface area contributed by atoms with Gasteiger partial charge in [-0.05, 0) is 62.0 Å². The summed E-state index contributed by atoms with van der Waals surface area (Å²) in [6.45, 7) is 0. The van der Waals surface area contributed by atoms with Crippen molar-refractivity contribution in [3.63, 3.8) is 0 Å². The highest BCUT2D eigenvalue weighted by Crippen LogP contribution is 2.58. The summed E-state index contributed by atoms with van der Waals surface area (Å²) in [5.41, 5.74) is 5.79. The van der Waals surface area contributed by atoms with Gasteiger partial charge < -0.3 is 5.73 Å². The molecule has 4 aliphatic carbocycles. The van der Waals surface area contributed by atoms with E-state index in [0.717, 1.165) is 28.8 Å². The maximum atomic E-state index is 5.79. The Morgan fingerprint density at radius 1 is 1.11 bits per heavy atom. The van der Waals surface area contributed by atoms with Gasteiger partial charge in [0, 0.05) is 0 Å². The smallest absolute Gasteiger partial charge is 0.240 e. The van der Waals surface area contributed by atoms with Crippen LogP contribution in [0.25, 0.3) is 0 Å². The SMILES string of the molecule is CSc1nc(N)nn1C1C2CC3CC(C2)CC1C3. The predicted molar refractivity (Wildman–Crippen MR) is 72.3 cm³/mol. The van der Waals surface area contributed by atoms with Crippen molar-refractivity contribution in [1.82, 2.24) is 14.8 Å². The maximum absolute atomic E-state index is 5.79. The van der Waals surface area contributed by atoms with E-state index in [-0.39, 0.29) is 0 Å². The van der Waals surface area contributed by atoms with Crippen molar-refractivity contribution in [1.29, 1.82) is 0 Å². The second kappa shape index (κ2) is 3.89. The molecular weight excluding hydrogens is 244 g/mol. The lowest BCUT2D eigenvalue weighted by Crippen LogP contribution is -2.46. The van der Waals surface area contributed by atoms with E-state index in [4.69, 9.17) is 5.73 Å². The number of hydrogen-bond donors (Lipinski definition) is 1. The predicted octanol–water partition coefficient (Wildman–Crippen LogP) is 2.58. The van der Waals surface area contributed by atoms with Crippen molar-refractivity contribution in [2.24, 2.45) is 23.7 Å². The highest BCUT2D eigenvalue weighted by molar-refractivity contribution is 7.98. The van der Waals surface area contributed by atoms with Crippen LogP contribution in [0.15, 0.2) is 5.16 Å². The molecular formula is C13H20N4S. The van der Waals surface area contributed by atoms with E-state index in [1.165, 1.54) is 32.1 Å². The molecule has 18 heavy (non-hydrogen) atoms. The zero-order chi connectivity index (χ0) is 12.3. The van der Waals surface area contributed by atoms with Gasteiger partial charge in [0.05, 0.1) is 6.04 Å². The monoisotopic (exact) mass is 264 g/mol. The van der Waals surface area contributed by atoms with Gasteiger partial charge >= 0.3 is 0 Å². The minimum Gasteiger partial charge on any atom is -0.366 e. The van der Waals surface area contributed by atoms with Crippen LogP contribution in [0.2, 0.25) is 0 Å². The molecule has 0 radical (unpaired) electrons. The number of nitrogens with two attached hydrogens (primary N) is 1. The van der Waals surface area contributed by atoms with Crippen LogP contribution in [0.3, 0.4) is 0 Å². The molecule has 98 valence electrons. The highest BCUT2D eigenvalue weighted by Gasteiger charge is 2.49. The molecule has 0 atom stereocenters. The zero-order valence-electron chi connectivity index (χ0n) is 10.7. The van der Waals surface area contributed by atoms with Crippen LogP contribution in [-0.4, -0.2) is 21.0 Å². The lowest BCUT2D eigenvalue weighted by Gasteiger charge is -2.54. The summed E-state index contributed by atoms with van der Waals surface area (Å²) >= 11 is 1.67. The van der Waals surface area contributed by atoms with Crippen molar-refractivity contribution >= 4 is 17.7 Å². The molecule has 1 aromatic rings. The third-order valence-electron chi connectivity index (χ3n) is 5.26. The number of nitrogen functional groups attached to an aromatic ring is 1. The normalized spacial score (nSPS) is 41.5. The molecule has 0 aliphatic heterocycles. The van der Waals surface area contributed by atoms with E-state index in [1.807, 2.05) is 0 Å². The molecule has 5 rings (SSSR count). The van der Waals surface area contributed by atoms with E-state index >= 15 is 0 Å². The third kappa shape index (κ3) is 1.52. The third-order valence-corrected chi connectivity index (χ3v) is 5.90. The van der Waals surface area contributed by atoms with Crippen molar-refractivity contribution in [3.8, 4) is 0 Å². The Bertz CT molecular complexity index is 442. The van der Waals surface area contributed by atoms with Crippen LogP contribution >= 0.6 is 11.8 Å². The number of nitrogens with zero attached hydrogens (tertiary/aromatic N) is 3. The fourth-order valence-corrected chi connectivity index (χ4v) is 5.49. The molecule has 1 aromatic heterocycles. The van der Waals surface area contributed by atoms with E-state index in [1.54, 1.807) is 11.8 Å². The highest BCUT2D eigenvalue weighted by atomic mass is 32.2. The van der Waals surface area contributed by atoms with Gasteiger partial charge in [0.1, 0.15) is 0 Å². The van der Waals surface area contributed by atoms with Crippen LogP contribution in [0, 0.1) is 23.7 Å². The van der Waals surface area contributed by atoms with Crippen LogP contribution in [0.4, 0.5) is 5.95 Å². The molecule has 2 N–H and O–H groups in total. The Morgan fingerprint density at radius 2 is 1.72 bits per heavy atom. The fraction of sp³-hybridized carbons (Fsp3) is 0.846. The molecule has 0 spiro atoms. The molecule has 4 aliphatic rings. The second-order valence-corrected chi connectivity index (χ2v) is 7.10. The molecule has 5 heteroatoms. The van der Waals surface area contributed by atoms with Crippen molar-refractivity contribution in [3.05, 3.63) is 0 Å². The molecule has 0 unspecified atom stereocenters. The van der Waals surface area contributed by atoms with Crippen molar-refractivity contribution in [2.45, 2.75) is 43.3 Å². The van der Waals surface area contributed by atoms with Crippen LogP contribution < -0.4 is 5.73 Å². The summed E-state index contributed by atoms with van der Waals surface area (Å²) in [6, 6.07) is 0.574. The van der Waals surface area contributed by atoms with Gasteiger partial charge in [-0.25, -0.2) is 4.68 Å². The Hall–Kier alpha value is -0.710. The number of hydrogen-bond acceptors (Lipinski definition) is 4.